The molecule has 2 aromatic rings. The minimum absolute atomic E-state index is 0.0941. The Morgan fingerprint density at radius 1 is 1.20 bits per heavy atom. The van der Waals surface area contributed by atoms with Crippen molar-refractivity contribution in [3.63, 3.8) is 0 Å². The molecule has 0 radical (unpaired) electrons. The number of aromatic nitrogens is 2. The number of benzene rings is 1. The van der Waals surface area contributed by atoms with Crippen molar-refractivity contribution in [3.05, 3.63) is 42.2 Å². The first kappa shape index (κ1) is 20.9. The van der Waals surface area contributed by atoms with Gasteiger partial charge in [0.15, 0.2) is 5.16 Å². The second-order valence-electron chi connectivity index (χ2n) is 7.96. The van der Waals surface area contributed by atoms with Crippen molar-refractivity contribution in [3.8, 4) is 0 Å². The van der Waals surface area contributed by atoms with Crippen LogP contribution in [0.15, 0.2) is 41.8 Å². The highest BCUT2D eigenvalue weighted by Crippen LogP contribution is 2.32. The third-order valence-electron chi connectivity index (χ3n) is 5.67. The number of rotatable bonds is 6. The lowest BCUT2D eigenvalue weighted by atomic mass is 9.94. The molecule has 1 aromatic heterocycles. The molecule has 1 aliphatic carbocycles. The number of amides is 2. The number of hydrogen-bond acceptors (Lipinski definition) is 5. The third-order valence-corrected chi connectivity index (χ3v) is 7.08. The van der Waals surface area contributed by atoms with Crippen LogP contribution in [0.2, 0.25) is 0 Å². The van der Waals surface area contributed by atoms with Gasteiger partial charge in [-0.3, -0.25) is 9.59 Å². The van der Waals surface area contributed by atoms with Gasteiger partial charge in [0.05, 0.1) is 0 Å². The van der Waals surface area contributed by atoms with Gasteiger partial charge in [0, 0.05) is 48.6 Å². The molecule has 0 spiro atoms. The van der Waals surface area contributed by atoms with Gasteiger partial charge in [-0.05, 0) is 56.7 Å². The molecule has 8 heteroatoms. The van der Waals surface area contributed by atoms with Crippen LogP contribution in [0.4, 0.5) is 5.69 Å². The number of anilines is 1. The first-order valence-corrected chi connectivity index (χ1v) is 11.4. The fraction of sp³-hybridized carbons (Fsp3) is 0.500. The molecule has 160 valence electrons. The van der Waals surface area contributed by atoms with E-state index in [0.717, 1.165) is 43.7 Å². The largest absolute Gasteiger partial charge is 0.368 e. The number of nitrogens with zero attached hydrogens (tertiary/aromatic N) is 2. The molecule has 4 rings (SSSR count). The van der Waals surface area contributed by atoms with Crippen LogP contribution in [-0.2, 0) is 16.6 Å². The van der Waals surface area contributed by atoms with E-state index in [1.165, 1.54) is 0 Å². The topological polar surface area (TPSA) is 85.3 Å². The van der Waals surface area contributed by atoms with Gasteiger partial charge in [-0.25, -0.2) is 4.98 Å². The van der Waals surface area contributed by atoms with Crippen LogP contribution in [0.3, 0.4) is 0 Å². The molecule has 2 aliphatic rings. The van der Waals surface area contributed by atoms with E-state index >= 15 is 0 Å². The minimum Gasteiger partial charge on any atom is -0.368 e. The summed E-state index contributed by atoms with van der Waals surface area (Å²) in [6.45, 7) is 0.628. The Labute approximate surface area is 181 Å². The van der Waals surface area contributed by atoms with Gasteiger partial charge >= 0.3 is 0 Å². The molecule has 0 bridgehead atoms. The second-order valence-corrected chi connectivity index (χ2v) is 9.22. The summed E-state index contributed by atoms with van der Waals surface area (Å²) in [5.74, 6) is -0.239. The number of carbonyl (C=O) groups excluding carboxylic acids is 2. The zero-order valence-corrected chi connectivity index (χ0v) is 18.0. The average molecular weight is 429 g/mol. The fourth-order valence-corrected chi connectivity index (χ4v) is 5.11. The first-order chi connectivity index (χ1) is 14.6. The number of carbonyl (C=O) groups is 2. The van der Waals surface area contributed by atoms with Gasteiger partial charge in [0.1, 0.15) is 6.10 Å². The quantitative estimate of drug-likeness (QED) is 0.737. The number of aryl methyl sites for hydroxylation is 1. The molecular weight excluding hydrogens is 400 g/mol. The molecular formula is C22H28N4O3S. The first-order valence-electron chi connectivity index (χ1n) is 10.6. The normalized spacial score (nSPS) is 23.8. The van der Waals surface area contributed by atoms with E-state index in [2.05, 4.69) is 15.6 Å². The Morgan fingerprint density at radius 2 is 2.03 bits per heavy atom. The van der Waals surface area contributed by atoms with Crippen molar-refractivity contribution in [1.29, 1.82) is 0 Å². The standard InChI is InChI=1S/C22H28N4O3S/c1-26-12-11-23-22(26)30-18-9-7-16(8-10-18)24-20(27)15-4-2-5-17(14-15)25-21(28)19-6-3-13-29-19/h2,4-5,11-12,14,16,18-19H,3,6-10,13H2,1H3,(H,24,27)(H,25,28). The van der Waals surface area contributed by atoms with E-state index in [9.17, 15) is 9.59 Å². The molecule has 2 heterocycles. The van der Waals surface area contributed by atoms with Gasteiger partial charge in [0.25, 0.3) is 11.8 Å². The Bertz CT molecular complexity index is 886. The Morgan fingerprint density at radius 3 is 2.73 bits per heavy atom. The van der Waals surface area contributed by atoms with Crippen molar-refractivity contribution in [1.82, 2.24) is 14.9 Å². The maximum atomic E-state index is 12.7. The molecule has 7 nitrogen and oxygen atoms in total. The second kappa shape index (κ2) is 9.66. The molecule has 1 saturated carbocycles. The van der Waals surface area contributed by atoms with Crippen LogP contribution in [0.5, 0.6) is 0 Å². The van der Waals surface area contributed by atoms with Crippen LogP contribution in [0.1, 0.15) is 48.9 Å². The van der Waals surface area contributed by atoms with E-state index in [0.29, 0.717) is 23.1 Å². The lowest BCUT2D eigenvalue weighted by Crippen LogP contribution is -2.38. The van der Waals surface area contributed by atoms with Gasteiger partial charge < -0.3 is 19.9 Å². The van der Waals surface area contributed by atoms with Crippen molar-refractivity contribution in [2.75, 3.05) is 11.9 Å². The van der Waals surface area contributed by atoms with Gasteiger partial charge in [-0.1, -0.05) is 17.8 Å². The van der Waals surface area contributed by atoms with Crippen LogP contribution < -0.4 is 10.6 Å². The van der Waals surface area contributed by atoms with Crippen LogP contribution >= 0.6 is 11.8 Å². The zero-order valence-electron chi connectivity index (χ0n) is 17.2. The summed E-state index contributed by atoms with van der Waals surface area (Å²) in [4.78, 5) is 29.3. The number of thioether (sulfide) groups is 1. The van der Waals surface area contributed by atoms with Gasteiger partial charge in [-0.15, -0.1) is 0 Å². The molecule has 2 amide bonds. The lowest BCUT2D eigenvalue weighted by molar-refractivity contribution is -0.124. The average Bonchev–Trinajstić information content (AvgIpc) is 3.42. The molecule has 1 unspecified atom stereocenters. The number of imidazole rings is 1. The molecule has 2 fully saturated rings. The third kappa shape index (κ3) is 5.23. The lowest BCUT2D eigenvalue weighted by Gasteiger charge is -2.28. The Kier molecular flexibility index (Phi) is 6.74. The monoisotopic (exact) mass is 428 g/mol. The maximum Gasteiger partial charge on any atom is 0.253 e. The molecule has 2 N–H and O–H groups in total. The smallest absolute Gasteiger partial charge is 0.253 e. The molecule has 1 aromatic carbocycles. The van der Waals surface area contributed by atoms with E-state index in [1.807, 2.05) is 35.8 Å². The minimum atomic E-state index is -0.388. The Balaban J connectivity index is 1.27. The highest BCUT2D eigenvalue weighted by atomic mass is 32.2. The summed E-state index contributed by atoms with van der Waals surface area (Å²) in [6.07, 6.45) is 9.08. The van der Waals surface area contributed by atoms with E-state index in [1.54, 1.807) is 24.3 Å². The molecule has 30 heavy (non-hydrogen) atoms. The van der Waals surface area contributed by atoms with Crippen molar-refractivity contribution >= 4 is 29.3 Å². The van der Waals surface area contributed by atoms with E-state index in [4.69, 9.17) is 4.74 Å². The maximum absolute atomic E-state index is 12.7. The van der Waals surface area contributed by atoms with Crippen LogP contribution in [0, 0.1) is 0 Å². The highest BCUT2D eigenvalue weighted by Gasteiger charge is 2.25. The SMILES string of the molecule is Cn1ccnc1SC1CCC(NC(=O)c2cccc(NC(=O)C3CCCO3)c2)CC1. The van der Waals surface area contributed by atoms with Crippen molar-refractivity contribution in [2.45, 2.75) is 61.1 Å². The zero-order chi connectivity index (χ0) is 20.9. The summed E-state index contributed by atoms with van der Waals surface area (Å²) in [5, 5.41) is 7.60. The predicted octanol–water partition coefficient (Wildman–Crippen LogP) is 3.37. The number of nitrogens with one attached hydrogen (secondary N) is 2. The fourth-order valence-electron chi connectivity index (χ4n) is 3.95. The molecule has 1 atom stereocenters. The Hall–Kier alpha value is -2.32. The number of ether oxygens (including phenoxy) is 1. The summed E-state index contributed by atoms with van der Waals surface area (Å²) >= 11 is 1.82. The van der Waals surface area contributed by atoms with Gasteiger partial charge in [-0.2, -0.15) is 0 Å². The van der Waals surface area contributed by atoms with Gasteiger partial charge in [0.2, 0.25) is 0 Å². The summed E-state index contributed by atoms with van der Waals surface area (Å²) < 4.78 is 7.46. The number of hydrogen-bond donors (Lipinski definition) is 2. The van der Waals surface area contributed by atoms with Crippen molar-refractivity contribution < 1.29 is 14.3 Å². The van der Waals surface area contributed by atoms with Crippen LogP contribution in [0.25, 0.3) is 0 Å². The van der Waals surface area contributed by atoms with Crippen LogP contribution in [-0.4, -0.2) is 45.4 Å². The predicted molar refractivity (Wildman–Crippen MR) is 117 cm³/mol. The van der Waals surface area contributed by atoms with Crippen molar-refractivity contribution in [2.24, 2.45) is 7.05 Å². The molecule has 1 aliphatic heterocycles. The highest BCUT2D eigenvalue weighted by molar-refractivity contribution is 7.99. The van der Waals surface area contributed by atoms with E-state index < -0.39 is 0 Å². The molecule has 1 saturated heterocycles. The summed E-state index contributed by atoms with van der Waals surface area (Å²) in [7, 11) is 2.01. The van der Waals surface area contributed by atoms with E-state index in [-0.39, 0.29) is 24.0 Å². The summed E-state index contributed by atoms with van der Waals surface area (Å²) in [5.41, 5.74) is 1.18. The summed E-state index contributed by atoms with van der Waals surface area (Å²) in [6, 6.07) is 7.27.